The first kappa shape index (κ1) is 13.9. The third-order valence-electron chi connectivity index (χ3n) is 2.72. The van der Waals surface area contributed by atoms with Gasteiger partial charge in [0, 0.05) is 10.6 Å². The summed E-state index contributed by atoms with van der Waals surface area (Å²) in [6, 6.07) is 3.51. The largest absolute Gasteiger partial charge is 0.368 e. The van der Waals surface area contributed by atoms with E-state index in [9.17, 15) is 9.18 Å². The molecule has 0 heterocycles. The molecule has 0 spiro atoms. The van der Waals surface area contributed by atoms with Gasteiger partial charge in [-0.3, -0.25) is 9.69 Å². The fourth-order valence-corrected chi connectivity index (χ4v) is 2.13. The van der Waals surface area contributed by atoms with Gasteiger partial charge < -0.3 is 5.73 Å². The van der Waals surface area contributed by atoms with Gasteiger partial charge in [0.25, 0.3) is 0 Å². The summed E-state index contributed by atoms with van der Waals surface area (Å²) in [7, 11) is 0. The minimum atomic E-state index is -0.821. The number of hydrogen-bond donors (Lipinski definition) is 1. The summed E-state index contributed by atoms with van der Waals surface area (Å²) < 4.78 is 13.8. The molecule has 17 heavy (non-hydrogen) atoms. The molecule has 0 saturated heterocycles. The Morgan fingerprint density at radius 3 is 2.47 bits per heavy atom. The van der Waals surface area contributed by atoms with E-state index >= 15 is 0 Å². The number of carbonyl (C=O) groups is 1. The lowest BCUT2D eigenvalue weighted by Gasteiger charge is -2.28. The second kappa shape index (κ2) is 5.98. The van der Waals surface area contributed by atoms with E-state index in [1.54, 1.807) is 11.0 Å². The van der Waals surface area contributed by atoms with Crippen molar-refractivity contribution in [2.45, 2.75) is 19.9 Å². The van der Waals surface area contributed by atoms with Crippen LogP contribution in [0.3, 0.4) is 0 Å². The maximum absolute atomic E-state index is 13.8. The third kappa shape index (κ3) is 2.96. The minimum absolute atomic E-state index is 0.158. The van der Waals surface area contributed by atoms with E-state index in [-0.39, 0.29) is 10.6 Å². The summed E-state index contributed by atoms with van der Waals surface area (Å²) in [6.45, 7) is 4.95. The summed E-state index contributed by atoms with van der Waals surface area (Å²) >= 11 is 5.95. The van der Waals surface area contributed by atoms with Gasteiger partial charge in [-0.1, -0.05) is 31.5 Å². The Morgan fingerprint density at radius 2 is 2.06 bits per heavy atom. The van der Waals surface area contributed by atoms with Crippen LogP contribution in [0, 0.1) is 5.82 Å². The van der Waals surface area contributed by atoms with Crippen molar-refractivity contribution < 1.29 is 9.18 Å². The van der Waals surface area contributed by atoms with Crippen LogP contribution in [0.15, 0.2) is 18.2 Å². The predicted octanol–water partition coefficient (Wildman–Crippen LogP) is 2.35. The summed E-state index contributed by atoms with van der Waals surface area (Å²) in [6.07, 6.45) is 0. The van der Waals surface area contributed by atoms with E-state index in [2.05, 4.69) is 0 Å². The topological polar surface area (TPSA) is 46.3 Å². The van der Waals surface area contributed by atoms with Crippen LogP contribution < -0.4 is 5.73 Å². The number of nitrogens with zero attached hydrogens (tertiary/aromatic N) is 1. The van der Waals surface area contributed by atoms with Crippen molar-refractivity contribution in [3.63, 3.8) is 0 Å². The Hall–Kier alpha value is -1.13. The molecule has 5 heteroatoms. The highest BCUT2D eigenvalue weighted by molar-refractivity contribution is 6.31. The zero-order chi connectivity index (χ0) is 13.0. The van der Waals surface area contributed by atoms with Crippen molar-refractivity contribution >= 4 is 17.5 Å². The van der Waals surface area contributed by atoms with E-state index in [0.717, 1.165) is 0 Å². The molecule has 1 aromatic rings. The van der Waals surface area contributed by atoms with Gasteiger partial charge in [0.2, 0.25) is 5.91 Å². The highest BCUT2D eigenvalue weighted by atomic mass is 35.5. The molecule has 1 atom stereocenters. The van der Waals surface area contributed by atoms with E-state index in [4.69, 9.17) is 17.3 Å². The van der Waals surface area contributed by atoms with Crippen molar-refractivity contribution in [3.8, 4) is 0 Å². The van der Waals surface area contributed by atoms with E-state index < -0.39 is 17.8 Å². The first-order valence-corrected chi connectivity index (χ1v) is 5.87. The van der Waals surface area contributed by atoms with Gasteiger partial charge in [0.1, 0.15) is 11.9 Å². The summed E-state index contributed by atoms with van der Waals surface area (Å²) in [4.78, 5) is 13.3. The molecule has 0 saturated carbocycles. The zero-order valence-electron chi connectivity index (χ0n) is 9.91. The second-order valence-corrected chi connectivity index (χ2v) is 4.07. The number of amides is 1. The van der Waals surface area contributed by atoms with Crippen LogP contribution in [-0.4, -0.2) is 23.9 Å². The van der Waals surface area contributed by atoms with Crippen molar-refractivity contribution in [1.82, 2.24) is 4.90 Å². The summed E-state index contributed by atoms with van der Waals surface area (Å²) in [5.74, 6) is -1.10. The number of rotatable bonds is 5. The van der Waals surface area contributed by atoms with Gasteiger partial charge in [0.05, 0.1) is 0 Å². The van der Waals surface area contributed by atoms with Gasteiger partial charge in [0.15, 0.2) is 0 Å². The Morgan fingerprint density at radius 1 is 1.47 bits per heavy atom. The molecule has 3 nitrogen and oxygen atoms in total. The molecule has 2 N–H and O–H groups in total. The lowest BCUT2D eigenvalue weighted by Crippen LogP contribution is -2.38. The number of halogens is 2. The molecule has 0 bridgehead atoms. The fourth-order valence-electron chi connectivity index (χ4n) is 1.87. The van der Waals surface area contributed by atoms with Crippen LogP contribution in [0.1, 0.15) is 25.5 Å². The van der Waals surface area contributed by atoms with Crippen LogP contribution in [0.4, 0.5) is 4.39 Å². The molecular formula is C12H16ClFN2O. The minimum Gasteiger partial charge on any atom is -0.368 e. The molecule has 0 radical (unpaired) electrons. The quantitative estimate of drug-likeness (QED) is 0.881. The highest BCUT2D eigenvalue weighted by Gasteiger charge is 2.28. The van der Waals surface area contributed by atoms with Crippen molar-refractivity contribution in [3.05, 3.63) is 34.6 Å². The van der Waals surface area contributed by atoms with Gasteiger partial charge in [-0.2, -0.15) is 0 Å². The van der Waals surface area contributed by atoms with E-state index in [0.29, 0.717) is 13.1 Å². The number of hydrogen-bond acceptors (Lipinski definition) is 2. The van der Waals surface area contributed by atoms with Crippen LogP contribution in [0.25, 0.3) is 0 Å². The summed E-state index contributed by atoms with van der Waals surface area (Å²) in [5.41, 5.74) is 5.51. The van der Waals surface area contributed by atoms with Gasteiger partial charge in [-0.15, -0.1) is 0 Å². The van der Waals surface area contributed by atoms with Crippen LogP contribution in [0.5, 0.6) is 0 Å². The molecule has 0 aliphatic rings. The Bertz CT molecular complexity index is 387. The van der Waals surface area contributed by atoms with Gasteiger partial charge in [-0.25, -0.2) is 4.39 Å². The fraction of sp³-hybridized carbons (Fsp3) is 0.417. The van der Waals surface area contributed by atoms with Gasteiger partial charge >= 0.3 is 0 Å². The number of benzene rings is 1. The molecule has 0 aromatic heterocycles. The molecule has 1 aromatic carbocycles. The molecule has 0 aliphatic carbocycles. The predicted molar refractivity (Wildman–Crippen MR) is 66.3 cm³/mol. The first-order valence-electron chi connectivity index (χ1n) is 5.50. The average Bonchev–Trinajstić information content (AvgIpc) is 2.27. The molecule has 0 fully saturated rings. The van der Waals surface area contributed by atoms with Crippen LogP contribution in [-0.2, 0) is 4.79 Å². The number of primary amides is 1. The number of nitrogens with two attached hydrogens (primary N) is 1. The maximum Gasteiger partial charge on any atom is 0.239 e. The standard InChI is InChI=1S/C12H16ClFN2O/c1-3-16(4-2)11(12(15)17)10-8(13)6-5-7-9(10)14/h5-7,11H,3-4H2,1-2H3,(H2,15,17). The van der Waals surface area contributed by atoms with Crippen LogP contribution in [0.2, 0.25) is 5.02 Å². The highest BCUT2D eigenvalue weighted by Crippen LogP contribution is 2.29. The maximum atomic E-state index is 13.8. The Labute approximate surface area is 105 Å². The molecular weight excluding hydrogens is 243 g/mol. The average molecular weight is 259 g/mol. The monoisotopic (exact) mass is 258 g/mol. The molecule has 1 unspecified atom stereocenters. The first-order chi connectivity index (χ1) is 8.02. The third-order valence-corrected chi connectivity index (χ3v) is 3.05. The molecule has 94 valence electrons. The van der Waals surface area contributed by atoms with Crippen molar-refractivity contribution in [1.29, 1.82) is 0 Å². The zero-order valence-corrected chi connectivity index (χ0v) is 10.7. The number of likely N-dealkylation sites (N-methyl/N-ethyl adjacent to an activating group) is 1. The Kier molecular flexibility index (Phi) is 4.90. The molecule has 1 amide bonds. The molecule has 0 aliphatic heterocycles. The van der Waals surface area contributed by atoms with Crippen molar-refractivity contribution in [2.24, 2.45) is 5.73 Å². The number of carbonyl (C=O) groups excluding carboxylic acids is 1. The van der Waals surface area contributed by atoms with Gasteiger partial charge in [-0.05, 0) is 25.2 Å². The van der Waals surface area contributed by atoms with Crippen molar-refractivity contribution in [2.75, 3.05) is 13.1 Å². The smallest absolute Gasteiger partial charge is 0.239 e. The van der Waals surface area contributed by atoms with E-state index in [1.165, 1.54) is 12.1 Å². The lowest BCUT2D eigenvalue weighted by molar-refractivity contribution is -0.123. The SMILES string of the molecule is CCN(CC)C(C(N)=O)c1c(F)cccc1Cl. The normalized spacial score (nSPS) is 12.8. The van der Waals surface area contributed by atoms with Crippen LogP contribution >= 0.6 is 11.6 Å². The summed E-state index contributed by atoms with van der Waals surface area (Å²) in [5, 5.41) is 0.223. The Balaban J connectivity index is 3.27. The van der Waals surface area contributed by atoms with E-state index in [1.807, 2.05) is 13.8 Å². The second-order valence-electron chi connectivity index (χ2n) is 3.66. The molecule has 1 rings (SSSR count). The lowest BCUT2D eigenvalue weighted by atomic mass is 10.0.